The number of carboxylic acid groups (broad SMARTS) is 1. The third kappa shape index (κ3) is 3.87. The molecule has 1 rings (SSSR count). The van der Waals surface area contributed by atoms with E-state index in [1.54, 1.807) is 0 Å². The van der Waals surface area contributed by atoms with E-state index >= 15 is 0 Å². The smallest absolute Gasteiger partial charge is 0.305 e. The van der Waals surface area contributed by atoms with Crippen molar-refractivity contribution in [3.05, 3.63) is 29.8 Å². The van der Waals surface area contributed by atoms with Crippen molar-refractivity contribution in [1.29, 1.82) is 0 Å². The van der Waals surface area contributed by atoms with E-state index in [2.05, 4.69) is 5.32 Å². The molecule has 1 aromatic rings. The molecular formula is C11H13N3O4. The minimum absolute atomic E-state index is 0.308. The van der Waals surface area contributed by atoms with Gasteiger partial charge < -0.3 is 21.9 Å². The van der Waals surface area contributed by atoms with Gasteiger partial charge in [-0.3, -0.25) is 14.4 Å². The molecule has 0 radical (unpaired) electrons. The van der Waals surface area contributed by atoms with Gasteiger partial charge in [-0.25, -0.2) is 0 Å². The molecule has 0 heterocycles. The van der Waals surface area contributed by atoms with Crippen LogP contribution in [0.25, 0.3) is 0 Å². The summed E-state index contributed by atoms with van der Waals surface area (Å²) < 4.78 is 0. The maximum Gasteiger partial charge on any atom is 0.305 e. The van der Waals surface area contributed by atoms with Crippen LogP contribution >= 0.6 is 0 Å². The van der Waals surface area contributed by atoms with E-state index in [1.165, 1.54) is 24.3 Å². The fourth-order valence-corrected chi connectivity index (χ4v) is 1.23. The largest absolute Gasteiger partial charge is 0.481 e. The van der Waals surface area contributed by atoms with Crippen molar-refractivity contribution in [2.45, 2.75) is 12.5 Å². The number of primary amides is 1. The number of amides is 2. The Morgan fingerprint density at radius 2 is 1.78 bits per heavy atom. The maximum absolute atomic E-state index is 11.5. The molecule has 0 saturated heterocycles. The van der Waals surface area contributed by atoms with Gasteiger partial charge in [-0.1, -0.05) is 0 Å². The van der Waals surface area contributed by atoms with E-state index in [9.17, 15) is 14.4 Å². The third-order valence-corrected chi connectivity index (χ3v) is 2.17. The number of carboxylic acids is 1. The highest BCUT2D eigenvalue weighted by molar-refractivity contribution is 5.97. The fourth-order valence-electron chi connectivity index (χ4n) is 1.23. The highest BCUT2D eigenvalue weighted by Gasteiger charge is 2.16. The molecule has 18 heavy (non-hydrogen) atoms. The molecule has 6 N–H and O–H groups in total. The number of hydrogen-bond acceptors (Lipinski definition) is 4. The Morgan fingerprint density at radius 3 is 2.22 bits per heavy atom. The number of carbonyl (C=O) groups excluding carboxylic acids is 2. The SMILES string of the molecule is NC(=O)c1ccc(NC(=O)C(N)CC(=O)O)cc1. The van der Waals surface area contributed by atoms with E-state index in [0.29, 0.717) is 11.3 Å². The van der Waals surface area contributed by atoms with Gasteiger partial charge in [-0.05, 0) is 24.3 Å². The van der Waals surface area contributed by atoms with E-state index < -0.39 is 30.2 Å². The second kappa shape index (κ2) is 5.78. The second-order valence-corrected chi connectivity index (χ2v) is 3.64. The van der Waals surface area contributed by atoms with Crippen LogP contribution in [0.4, 0.5) is 5.69 Å². The summed E-state index contributed by atoms with van der Waals surface area (Å²) in [7, 11) is 0. The number of nitrogens with one attached hydrogen (secondary N) is 1. The third-order valence-electron chi connectivity index (χ3n) is 2.17. The highest BCUT2D eigenvalue weighted by atomic mass is 16.4. The summed E-state index contributed by atoms with van der Waals surface area (Å²) in [4.78, 5) is 32.7. The topological polar surface area (TPSA) is 136 Å². The Kier molecular flexibility index (Phi) is 4.39. The van der Waals surface area contributed by atoms with E-state index in [0.717, 1.165) is 0 Å². The summed E-state index contributed by atoms with van der Waals surface area (Å²) in [6.45, 7) is 0. The second-order valence-electron chi connectivity index (χ2n) is 3.64. The van der Waals surface area contributed by atoms with Crippen LogP contribution in [0.15, 0.2) is 24.3 Å². The Bertz CT molecular complexity index is 470. The molecule has 1 aromatic carbocycles. The van der Waals surface area contributed by atoms with E-state index in [-0.39, 0.29) is 0 Å². The summed E-state index contributed by atoms with van der Waals surface area (Å²) in [5, 5.41) is 10.9. The predicted molar refractivity (Wildman–Crippen MR) is 63.8 cm³/mol. The molecule has 96 valence electrons. The first kappa shape index (κ1) is 13.7. The zero-order chi connectivity index (χ0) is 13.7. The lowest BCUT2D eigenvalue weighted by molar-refractivity contribution is -0.138. The minimum atomic E-state index is -1.15. The van der Waals surface area contributed by atoms with Gasteiger partial charge in [0, 0.05) is 11.3 Å². The van der Waals surface area contributed by atoms with Crippen LogP contribution in [-0.2, 0) is 9.59 Å². The van der Waals surface area contributed by atoms with Crippen LogP contribution in [0.3, 0.4) is 0 Å². The van der Waals surface area contributed by atoms with Crippen molar-refractivity contribution in [2.75, 3.05) is 5.32 Å². The van der Waals surface area contributed by atoms with Gasteiger partial charge in [-0.15, -0.1) is 0 Å². The number of anilines is 1. The molecule has 0 aliphatic heterocycles. The average Bonchev–Trinajstić information content (AvgIpc) is 2.28. The van der Waals surface area contributed by atoms with Crippen molar-refractivity contribution in [3.8, 4) is 0 Å². The van der Waals surface area contributed by atoms with Crippen LogP contribution in [0.1, 0.15) is 16.8 Å². The van der Waals surface area contributed by atoms with Crippen LogP contribution < -0.4 is 16.8 Å². The lowest BCUT2D eigenvalue weighted by Gasteiger charge is -2.10. The molecule has 0 fully saturated rings. The summed E-state index contributed by atoms with van der Waals surface area (Å²) in [5.41, 5.74) is 11.2. The highest BCUT2D eigenvalue weighted by Crippen LogP contribution is 2.09. The molecule has 7 heteroatoms. The normalized spacial score (nSPS) is 11.6. The van der Waals surface area contributed by atoms with Gasteiger partial charge in [0.25, 0.3) is 0 Å². The van der Waals surface area contributed by atoms with Gasteiger partial charge >= 0.3 is 5.97 Å². The molecule has 0 aromatic heterocycles. The summed E-state index contributed by atoms with van der Waals surface area (Å²) >= 11 is 0. The van der Waals surface area contributed by atoms with Gasteiger partial charge in [0.2, 0.25) is 11.8 Å². The molecule has 0 aliphatic rings. The number of hydrogen-bond donors (Lipinski definition) is 4. The number of benzene rings is 1. The van der Waals surface area contributed by atoms with Gasteiger partial charge in [0.15, 0.2) is 0 Å². The summed E-state index contributed by atoms with van der Waals surface area (Å²) in [5.74, 6) is -2.33. The van der Waals surface area contributed by atoms with Crippen LogP contribution in [0, 0.1) is 0 Å². The first-order valence-corrected chi connectivity index (χ1v) is 5.08. The molecule has 0 aliphatic carbocycles. The molecule has 2 amide bonds. The lowest BCUT2D eigenvalue weighted by atomic mass is 10.1. The Labute approximate surface area is 103 Å². The fraction of sp³-hybridized carbons (Fsp3) is 0.182. The average molecular weight is 251 g/mol. The predicted octanol–water partition coefficient (Wildman–Crippen LogP) is -0.474. The Morgan fingerprint density at radius 1 is 1.22 bits per heavy atom. The molecule has 0 spiro atoms. The van der Waals surface area contributed by atoms with Gasteiger partial charge in [0.1, 0.15) is 0 Å². The number of carbonyl (C=O) groups is 3. The Balaban J connectivity index is 2.64. The molecule has 0 bridgehead atoms. The van der Waals surface area contributed by atoms with Crippen LogP contribution in [-0.4, -0.2) is 28.9 Å². The Hall–Kier alpha value is -2.41. The number of nitrogens with two attached hydrogens (primary N) is 2. The standard InChI is InChI=1S/C11H13N3O4/c12-8(5-9(15)16)11(18)14-7-3-1-6(2-4-7)10(13)17/h1-4,8H,5,12H2,(H2,13,17)(H,14,18)(H,15,16). The maximum atomic E-state index is 11.5. The van der Waals surface area contributed by atoms with Crippen molar-refractivity contribution >= 4 is 23.5 Å². The van der Waals surface area contributed by atoms with E-state index in [4.69, 9.17) is 16.6 Å². The van der Waals surface area contributed by atoms with Crippen molar-refractivity contribution in [3.63, 3.8) is 0 Å². The molecule has 0 saturated carbocycles. The molecular weight excluding hydrogens is 238 g/mol. The number of rotatable bonds is 5. The van der Waals surface area contributed by atoms with Crippen molar-refractivity contribution in [2.24, 2.45) is 11.5 Å². The number of aliphatic carboxylic acids is 1. The summed E-state index contributed by atoms with van der Waals surface area (Å²) in [6.07, 6.45) is -0.453. The van der Waals surface area contributed by atoms with Crippen molar-refractivity contribution < 1.29 is 19.5 Å². The molecule has 1 atom stereocenters. The van der Waals surface area contributed by atoms with Gasteiger partial charge in [-0.2, -0.15) is 0 Å². The first-order valence-electron chi connectivity index (χ1n) is 5.08. The van der Waals surface area contributed by atoms with Crippen LogP contribution in [0.5, 0.6) is 0 Å². The summed E-state index contributed by atoms with van der Waals surface area (Å²) in [6, 6.07) is 4.72. The lowest BCUT2D eigenvalue weighted by Crippen LogP contribution is -2.37. The zero-order valence-corrected chi connectivity index (χ0v) is 9.42. The molecule has 1 unspecified atom stereocenters. The van der Waals surface area contributed by atoms with Gasteiger partial charge in [0.05, 0.1) is 12.5 Å². The monoisotopic (exact) mass is 251 g/mol. The molecule has 7 nitrogen and oxygen atoms in total. The minimum Gasteiger partial charge on any atom is -0.481 e. The van der Waals surface area contributed by atoms with Crippen LogP contribution in [0.2, 0.25) is 0 Å². The first-order chi connectivity index (χ1) is 8.40. The zero-order valence-electron chi connectivity index (χ0n) is 9.42. The van der Waals surface area contributed by atoms with Crippen molar-refractivity contribution in [1.82, 2.24) is 0 Å². The quantitative estimate of drug-likeness (QED) is 0.560. The van der Waals surface area contributed by atoms with E-state index in [1.807, 2.05) is 0 Å².